The Bertz CT molecular complexity index is 663. The van der Waals surface area contributed by atoms with Gasteiger partial charge in [-0.3, -0.25) is 4.79 Å². The topological polar surface area (TPSA) is 59.4 Å². The molecule has 1 aromatic carbocycles. The molecule has 0 bridgehead atoms. The smallest absolute Gasteiger partial charge is 0.315 e. The highest BCUT2D eigenvalue weighted by Crippen LogP contribution is 2.39. The van der Waals surface area contributed by atoms with Crippen LogP contribution in [0.3, 0.4) is 0 Å². The van der Waals surface area contributed by atoms with Crippen molar-refractivity contribution in [2.75, 3.05) is 6.61 Å². The van der Waals surface area contributed by atoms with E-state index in [0.29, 0.717) is 12.3 Å². The van der Waals surface area contributed by atoms with Crippen LogP contribution < -0.4 is 4.74 Å². The summed E-state index contributed by atoms with van der Waals surface area (Å²) in [6.07, 6.45) is 0. The van der Waals surface area contributed by atoms with Crippen molar-refractivity contribution in [3.8, 4) is 5.75 Å². The Labute approximate surface area is 121 Å². The van der Waals surface area contributed by atoms with Gasteiger partial charge in [0.1, 0.15) is 22.8 Å². The minimum Gasteiger partial charge on any atom is -0.492 e. The largest absolute Gasteiger partial charge is 0.492 e. The third-order valence-electron chi connectivity index (χ3n) is 3.69. The van der Waals surface area contributed by atoms with Gasteiger partial charge in [0.25, 0.3) is 0 Å². The zero-order valence-electron chi connectivity index (χ0n) is 11.3. The van der Waals surface area contributed by atoms with Crippen LogP contribution in [-0.2, 0) is 10.2 Å². The summed E-state index contributed by atoms with van der Waals surface area (Å²) in [7, 11) is 0. The Morgan fingerprint density at radius 2 is 2.20 bits per heavy atom. The molecule has 1 N–H and O–H groups in total. The van der Waals surface area contributed by atoms with Gasteiger partial charge in [0.15, 0.2) is 0 Å². The van der Waals surface area contributed by atoms with Gasteiger partial charge in [0.2, 0.25) is 0 Å². The number of benzene rings is 1. The van der Waals surface area contributed by atoms with Crippen molar-refractivity contribution in [2.45, 2.75) is 25.2 Å². The number of para-hydroxylation sites is 1. The maximum absolute atomic E-state index is 11.3. The zero-order chi connectivity index (χ0) is 14.3. The number of hydrogen-bond acceptors (Lipinski definition) is 4. The van der Waals surface area contributed by atoms with Gasteiger partial charge in [-0.2, -0.15) is 0 Å². The average molecular weight is 289 g/mol. The first-order chi connectivity index (χ1) is 9.50. The lowest BCUT2D eigenvalue weighted by Crippen LogP contribution is -2.29. The Balaban J connectivity index is 1.95. The van der Waals surface area contributed by atoms with Crippen LogP contribution in [0.4, 0.5) is 0 Å². The quantitative estimate of drug-likeness (QED) is 0.943. The number of ether oxygens (including phenoxy) is 1. The van der Waals surface area contributed by atoms with Gasteiger partial charge in [-0.15, -0.1) is 11.3 Å². The molecule has 2 aromatic rings. The highest BCUT2D eigenvalue weighted by molar-refractivity contribution is 7.09. The fraction of sp³-hybridized carbons (Fsp3) is 0.333. The van der Waals surface area contributed by atoms with Crippen LogP contribution in [0.2, 0.25) is 0 Å². The summed E-state index contributed by atoms with van der Waals surface area (Å²) >= 11 is 1.50. The summed E-state index contributed by atoms with van der Waals surface area (Å²) in [5, 5.41) is 12.0. The Hall–Kier alpha value is -1.88. The van der Waals surface area contributed by atoms with Crippen molar-refractivity contribution in [1.29, 1.82) is 0 Å². The zero-order valence-corrected chi connectivity index (χ0v) is 12.1. The van der Waals surface area contributed by atoms with Gasteiger partial charge in [0, 0.05) is 10.9 Å². The van der Waals surface area contributed by atoms with Crippen LogP contribution in [0.25, 0.3) is 0 Å². The first kappa shape index (κ1) is 13.1. The minimum absolute atomic E-state index is 0.106. The number of nitrogens with zero attached hydrogens (tertiary/aromatic N) is 1. The molecular formula is C15H15NO3S. The van der Waals surface area contributed by atoms with Crippen LogP contribution in [0.1, 0.15) is 36.0 Å². The van der Waals surface area contributed by atoms with Gasteiger partial charge in [-0.1, -0.05) is 18.2 Å². The van der Waals surface area contributed by atoms with Crippen LogP contribution >= 0.6 is 11.3 Å². The van der Waals surface area contributed by atoms with Crippen LogP contribution in [0, 0.1) is 0 Å². The first-order valence-electron chi connectivity index (χ1n) is 6.41. The third kappa shape index (κ3) is 1.98. The van der Waals surface area contributed by atoms with Crippen molar-refractivity contribution in [3.05, 3.63) is 45.9 Å². The molecule has 1 aliphatic rings. The van der Waals surface area contributed by atoms with Crippen molar-refractivity contribution >= 4 is 17.3 Å². The molecule has 1 atom stereocenters. The molecule has 0 saturated carbocycles. The fourth-order valence-electron chi connectivity index (χ4n) is 2.21. The van der Waals surface area contributed by atoms with E-state index in [1.807, 2.05) is 29.6 Å². The number of carbonyl (C=O) groups is 1. The summed E-state index contributed by atoms with van der Waals surface area (Å²) in [5.41, 5.74) is 0.768. The molecule has 0 radical (unpaired) electrons. The number of thiazole rings is 1. The molecule has 20 heavy (non-hydrogen) atoms. The molecule has 2 heterocycles. The van der Waals surface area contributed by atoms with Crippen molar-refractivity contribution in [3.63, 3.8) is 0 Å². The van der Waals surface area contributed by atoms with Gasteiger partial charge in [-0.25, -0.2) is 4.98 Å². The van der Waals surface area contributed by atoms with E-state index in [0.717, 1.165) is 16.3 Å². The molecule has 0 saturated heterocycles. The summed E-state index contributed by atoms with van der Waals surface area (Å²) in [6, 6.07) is 7.92. The lowest BCUT2D eigenvalue weighted by Gasteiger charge is -2.15. The number of aliphatic carboxylic acids is 1. The van der Waals surface area contributed by atoms with E-state index < -0.39 is 11.4 Å². The number of carboxylic acids is 1. The Morgan fingerprint density at radius 3 is 2.95 bits per heavy atom. The van der Waals surface area contributed by atoms with Gasteiger partial charge < -0.3 is 9.84 Å². The van der Waals surface area contributed by atoms with E-state index in [1.165, 1.54) is 11.3 Å². The lowest BCUT2D eigenvalue weighted by atomic mass is 9.90. The van der Waals surface area contributed by atoms with E-state index >= 15 is 0 Å². The van der Waals surface area contributed by atoms with Crippen molar-refractivity contribution in [2.24, 2.45) is 0 Å². The molecule has 1 aliphatic heterocycles. The van der Waals surface area contributed by atoms with Gasteiger partial charge in [0.05, 0.1) is 11.6 Å². The monoisotopic (exact) mass is 289 g/mol. The normalized spacial score (nSPS) is 17.6. The second-order valence-electron chi connectivity index (χ2n) is 5.40. The van der Waals surface area contributed by atoms with Gasteiger partial charge >= 0.3 is 5.97 Å². The van der Waals surface area contributed by atoms with E-state index in [4.69, 9.17) is 4.74 Å². The first-order valence-corrected chi connectivity index (χ1v) is 7.29. The molecule has 0 amide bonds. The minimum atomic E-state index is -0.965. The molecule has 3 rings (SSSR count). The molecule has 0 fully saturated rings. The van der Waals surface area contributed by atoms with E-state index in [2.05, 4.69) is 4.98 Å². The Morgan fingerprint density at radius 1 is 1.45 bits per heavy atom. The molecular weight excluding hydrogens is 274 g/mol. The predicted molar refractivity (Wildman–Crippen MR) is 76.6 cm³/mol. The summed E-state index contributed by atoms with van der Waals surface area (Å²) < 4.78 is 5.66. The number of hydrogen-bond donors (Lipinski definition) is 1. The average Bonchev–Trinajstić information content (AvgIpc) is 3.04. The second-order valence-corrected chi connectivity index (χ2v) is 6.29. The van der Waals surface area contributed by atoms with E-state index in [-0.39, 0.29) is 5.92 Å². The maximum Gasteiger partial charge on any atom is 0.315 e. The molecule has 104 valence electrons. The summed E-state index contributed by atoms with van der Waals surface area (Å²) in [4.78, 5) is 15.8. The van der Waals surface area contributed by atoms with Crippen molar-refractivity contribution in [1.82, 2.24) is 4.98 Å². The Kier molecular flexibility index (Phi) is 3.01. The maximum atomic E-state index is 11.3. The number of rotatable bonds is 3. The highest BCUT2D eigenvalue weighted by atomic mass is 32.1. The number of fused-ring (bicyclic) bond motifs is 1. The lowest BCUT2D eigenvalue weighted by molar-refractivity contribution is -0.142. The molecule has 1 unspecified atom stereocenters. The van der Waals surface area contributed by atoms with Crippen LogP contribution in [0.15, 0.2) is 29.6 Å². The molecule has 4 nitrogen and oxygen atoms in total. The highest BCUT2D eigenvalue weighted by Gasteiger charge is 2.34. The van der Waals surface area contributed by atoms with Gasteiger partial charge in [-0.05, 0) is 19.9 Å². The van der Waals surface area contributed by atoms with Crippen LogP contribution in [-0.4, -0.2) is 22.7 Å². The molecule has 0 spiro atoms. The van der Waals surface area contributed by atoms with E-state index in [9.17, 15) is 9.90 Å². The second kappa shape index (κ2) is 4.59. The predicted octanol–water partition coefficient (Wildman–Crippen LogP) is 3.03. The van der Waals surface area contributed by atoms with E-state index in [1.54, 1.807) is 13.8 Å². The van der Waals surface area contributed by atoms with Crippen molar-refractivity contribution < 1.29 is 14.6 Å². The third-order valence-corrected chi connectivity index (χ3v) is 4.65. The number of aromatic nitrogens is 1. The molecule has 0 aliphatic carbocycles. The summed E-state index contributed by atoms with van der Waals surface area (Å²) in [5.74, 6) is 0.138. The summed E-state index contributed by atoms with van der Waals surface area (Å²) in [6.45, 7) is 3.92. The molecule has 1 aromatic heterocycles. The standard InChI is InChI=1S/C15H15NO3S/c1-15(2,14(17)18)12-8-20-13(16-12)10-7-19-11-6-4-3-5-9(10)11/h3-6,8,10H,7H2,1-2H3,(H,17,18). The number of carboxylic acid groups (broad SMARTS) is 1. The fourth-order valence-corrected chi connectivity index (χ4v) is 3.30. The SMILES string of the molecule is CC(C)(C(=O)O)c1csc(C2COc3ccccc32)n1. The molecule has 5 heteroatoms. The van der Waals surface area contributed by atoms with Crippen LogP contribution in [0.5, 0.6) is 5.75 Å².